The highest BCUT2D eigenvalue weighted by Gasteiger charge is 2.20. The number of ether oxygens (including phenoxy) is 1. The number of benzene rings is 1. The summed E-state index contributed by atoms with van der Waals surface area (Å²) in [6.45, 7) is 7.81. The number of carbonyl (C=O) groups excluding carboxylic acids is 1. The van der Waals surface area contributed by atoms with Crippen molar-refractivity contribution in [2.45, 2.75) is 42.3 Å². The maximum Gasteiger partial charge on any atom is 0.175 e. The van der Waals surface area contributed by atoms with E-state index in [1.807, 2.05) is 6.07 Å². The van der Waals surface area contributed by atoms with E-state index in [4.69, 9.17) is 4.74 Å². The third-order valence-electron chi connectivity index (χ3n) is 2.85. The van der Waals surface area contributed by atoms with Crippen molar-refractivity contribution in [1.82, 2.24) is 9.36 Å². The molecule has 2 aromatic rings. The van der Waals surface area contributed by atoms with Gasteiger partial charge in [-0.25, -0.2) is 4.98 Å². The molecule has 1 heterocycles. The maximum absolute atomic E-state index is 11.4. The quantitative estimate of drug-likeness (QED) is 0.790. The third kappa shape index (κ3) is 3.83. The van der Waals surface area contributed by atoms with E-state index in [2.05, 4.69) is 30.1 Å². The van der Waals surface area contributed by atoms with Crippen molar-refractivity contribution in [1.29, 1.82) is 0 Å². The topological polar surface area (TPSA) is 52.1 Å². The first-order valence-corrected chi connectivity index (χ1v) is 8.11. The van der Waals surface area contributed by atoms with Crippen LogP contribution in [0.15, 0.2) is 27.4 Å². The molecule has 0 unspecified atom stereocenters. The van der Waals surface area contributed by atoms with Gasteiger partial charge in [-0.15, -0.1) is 0 Å². The van der Waals surface area contributed by atoms with Crippen LogP contribution in [0.2, 0.25) is 0 Å². The minimum absolute atomic E-state index is 0.0239. The number of aromatic nitrogens is 2. The molecule has 0 aliphatic rings. The summed E-state index contributed by atoms with van der Waals surface area (Å²) in [5, 5.41) is 0. The van der Waals surface area contributed by atoms with Gasteiger partial charge in [0.25, 0.3) is 0 Å². The lowest BCUT2D eigenvalue weighted by Gasteiger charge is -2.12. The van der Waals surface area contributed by atoms with Crippen LogP contribution < -0.4 is 4.74 Å². The van der Waals surface area contributed by atoms with Crippen molar-refractivity contribution < 1.29 is 9.53 Å². The van der Waals surface area contributed by atoms with Gasteiger partial charge in [-0.05, 0) is 30.6 Å². The van der Waals surface area contributed by atoms with Crippen LogP contribution in [-0.2, 0) is 5.41 Å². The van der Waals surface area contributed by atoms with Gasteiger partial charge in [-0.2, -0.15) is 4.37 Å². The standard InChI is InChI=1S/C15H18N2O2S2/c1-9(18)10-6-7-12(11(8-10)19-5)20-14-16-13(17-21-14)15(2,3)4/h6-8H,1-5H3. The Morgan fingerprint density at radius 1 is 1.33 bits per heavy atom. The number of Topliss-reactive ketones (excluding diaryl/α,β-unsaturated/α-hetero) is 1. The second-order valence-corrected chi connectivity index (χ2v) is 7.70. The molecule has 2 rings (SSSR count). The SMILES string of the molecule is COc1cc(C(C)=O)ccc1Sc1nc(C(C)(C)C)ns1. The Balaban J connectivity index is 2.27. The molecule has 1 aromatic carbocycles. The Labute approximate surface area is 133 Å². The molecule has 0 amide bonds. The lowest BCUT2D eigenvalue weighted by Crippen LogP contribution is -2.12. The van der Waals surface area contributed by atoms with Crippen LogP contribution in [0.5, 0.6) is 5.75 Å². The number of methoxy groups -OCH3 is 1. The van der Waals surface area contributed by atoms with Crippen LogP contribution in [0, 0.1) is 0 Å². The van der Waals surface area contributed by atoms with Crippen LogP contribution in [0.3, 0.4) is 0 Å². The molecule has 0 saturated heterocycles. The van der Waals surface area contributed by atoms with E-state index in [9.17, 15) is 4.79 Å². The van der Waals surface area contributed by atoms with Gasteiger partial charge in [0.1, 0.15) is 11.6 Å². The van der Waals surface area contributed by atoms with Gasteiger partial charge in [0, 0.05) is 11.0 Å². The molecule has 21 heavy (non-hydrogen) atoms. The first-order chi connectivity index (χ1) is 9.81. The summed E-state index contributed by atoms with van der Waals surface area (Å²) in [7, 11) is 1.60. The van der Waals surface area contributed by atoms with Gasteiger partial charge in [0.05, 0.1) is 12.0 Å². The van der Waals surface area contributed by atoms with Crippen molar-refractivity contribution in [3.63, 3.8) is 0 Å². The number of hydrogen-bond acceptors (Lipinski definition) is 6. The average molecular weight is 322 g/mol. The van der Waals surface area contributed by atoms with Crippen molar-refractivity contribution in [2.75, 3.05) is 7.11 Å². The normalized spacial score (nSPS) is 11.5. The largest absolute Gasteiger partial charge is 0.496 e. The molecule has 0 aliphatic heterocycles. The molecule has 6 heteroatoms. The lowest BCUT2D eigenvalue weighted by atomic mass is 9.96. The van der Waals surface area contributed by atoms with E-state index in [-0.39, 0.29) is 11.2 Å². The van der Waals surface area contributed by atoms with Gasteiger partial charge >= 0.3 is 0 Å². The zero-order chi connectivity index (χ0) is 15.6. The highest BCUT2D eigenvalue weighted by Crippen LogP contribution is 2.37. The lowest BCUT2D eigenvalue weighted by molar-refractivity contribution is 0.101. The summed E-state index contributed by atoms with van der Waals surface area (Å²) in [6.07, 6.45) is 0. The molecule has 0 saturated carbocycles. The maximum atomic E-state index is 11.4. The Kier molecular flexibility index (Phi) is 4.68. The predicted octanol–water partition coefficient (Wildman–Crippen LogP) is 4.20. The summed E-state index contributed by atoms with van der Waals surface area (Å²) >= 11 is 2.89. The number of carbonyl (C=O) groups is 1. The summed E-state index contributed by atoms with van der Waals surface area (Å²) in [4.78, 5) is 16.9. The molecule has 4 nitrogen and oxygen atoms in total. The molecular weight excluding hydrogens is 304 g/mol. The van der Waals surface area contributed by atoms with E-state index < -0.39 is 0 Å². The summed E-state index contributed by atoms with van der Waals surface area (Å²) in [5.74, 6) is 1.55. The molecule has 0 fully saturated rings. The van der Waals surface area contributed by atoms with Crippen LogP contribution in [0.25, 0.3) is 0 Å². The van der Waals surface area contributed by atoms with Crippen molar-refractivity contribution in [3.8, 4) is 5.75 Å². The fourth-order valence-corrected chi connectivity index (χ4v) is 3.46. The summed E-state index contributed by atoms with van der Waals surface area (Å²) in [6, 6.07) is 5.45. The summed E-state index contributed by atoms with van der Waals surface area (Å²) < 4.78 is 10.6. The Morgan fingerprint density at radius 3 is 2.57 bits per heavy atom. The number of hydrogen-bond donors (Lipinski definition) is 0. The van der Waals surface area contributed by atoms with Crippen LogP contribution in [0.4, 0.5) is 0 Å². The molecule has 0 atom stereocenters. The minimum Gasteiger partial charge on any atom is -0.496 e. The molecular formula is C15H18N2O2S2. The van der Waals surface area contributed by atoms with Gasteiger partial charge in [-0.1, -0.05) is 38.6 Å². The van der Waals surface area contributed by atoms with Gasteiger partial charge in [0.15, 0.2) is 10.1 Å². The first kappa shape index (κ1) is 16.0. The second-order valence-electron chi connectivity index (χ2n) is 5.66. The Bertz CT molecular complexity index is 660. The molecule has 0 radical (unpaired) electrons. The highest BCUT2D eigenvalue weighted by atomic mass is 32.2. The van der Waals surface area contributed by atoms with Gasteiger partial charge in [0.2, 0.25) is 0 Å². The average Bonchev–Trinajstić information content (AvgIpc) is 2.87. The van der Waals surface area contributed by atoms with Crippen molar-refractivity contribution in [2.24, 2.45) is 0 Å². The highest BCUT2D eigenvalue weighted by molar-refractivity contribution is 8.01. The fourth-order valence-electron chi connectivity index (χ4n) is 1.62. The van der Waals surface area contributed by atoms with Crippen molar-refractivity contribution in [3.05, 3.63) is 29.6 Å². The Morgan fingerprint density at radius 2 is 2.05 bits per heavy atom. The zero-order valence-electron chi connectivity index (χ0n) is 12.8. The second kappa shape index (κ2) is 6.15. The van der Waals surface area contributed by atoms with Crippen molar-refractivity contribution >= 4 is 29.1 Å². The van der Waals surface area contributed by atoms with E-state index in [0.717, 1.165) is 15.1 Å². The smallest absolute Gasteiger partial charge is 0.175 e. The third-order valence-corrected chi connectivity index (χ3v) is 4.65. The number of nitrogens with zero attached hydrogens (tertiary/aromatic N) is 2. The number of rotatable bonds is 4. The molecule has 0 aliphatic carbocycles. The van der Waals surface area contributed by atoms with Gasteiger partial charge < -0.3 is 4.74 Å². The van der Waals surface area contributed by atoms with E-state index >= 15 is 0 Å². The molecule has 0 spiro atoms. The van der Waals surface area contributed by atoms with Gasteiger partial charge in [-0.3, -0.25) is 4.79 Å². The molecule has 0 N–H and O–H groups in total. The minimum atomic E-state index is -0.0577. The molecule has 112 valence electrons. The van der Waals surface area contributed by atoms with Crippen LogP contribution >= 0.6 is 23.3 Å². The zero-order valence-corrected chi connectivity index (χ0v) is 14.4. The summed E-state index contributed by atoms with van der Waals surface area (Å²) in [5.41, 5.74) is 0.585. The van der Waals surface area contributed by atoms with E-state index in [1.54, 1.807) is 26.2 Å². The fraction of sp³-hybridized carbons (Fsp3) is 0.400. The monoisotopic (exact) mass is 322 g/mol. The van der Waals surface area contributed by atoms with E-state index in [0.29, 0.717) is 11.3 Å². The predicted molar refractivity (Wildman–Crippen MR) is 85.7 cm³/mol. The molecule has 0 bridgehead atoms. The molecule has 1 aromatic heterocycles. The van der Waals surface area contributed by atoms with Crippen LogP contribution in [0.1, 0.15) is 43.9 Å². The van der Waals surface area contributed by atoms with Crippen LogP contribution in [-0.4, -0.2) is 22.3 Å². The van der Waals surface area contributed by atoms with E-state index in [1.165, 1.54) is 23.3 Å². The Hall–Kier alpha value is -1.40. The first-order valence-electron chi connectivity index (χ1n) is 6.52. The number of ketones is 1.